The minimum atomic E-state index is -0.661. The van der Waals surface area contributed by atoms with Crippen molar-refractivity contribution in [1.29, 1.82) is 0 Å². The second-order valence-electron chi connectivity index (χ2n) is 9.70. The molecule has 2 amide bonds. The van der Waals surface area contributed by atoms with E-state index < -0.39 is 5.97 Å². The third kappa shape index (κ3) is 2.83. The third-order valence-electron chi connectivity index (χ3n) is 7.88. The normalized spacial score (nSPS) is 40.7. The zero-order valence-corrected chi connectivity index (χ0v) is 16.1. The Bertz CT molecular complexity index is 708. The van der Waals surface area contributed by atoms with Crippen molar-refractivity contribution in [2.45, 2.75) is 51.4 Å². The van der Waals surface area contributed by atoms with E-state index in [1.54, 1.807) is 0 Å². The molecule has 5 fully saturated rings. The molecule has 0 N–H and O–H groups in total. The van der Waals surface area contributed by atoms with Gasteiger partial charge in [-0.2, -0.15) is 0 Å². The van der Waals surface area contributed by atoms with Gasteiger partial charge >= 0.3 is 5.97 Å². The molecule has 0 spiro atoms. The summed E-state index contributed by atoms with van der Waals surface area (Å²) in [7, 11) is 0. The molecule has 1 heterocycles. The van der Waals surface area contributed by atoms with Gasteiger partial charge in [-0.05, 0) is 69.1 Å². The second-order valence-corrected chi connectivity index (χ2v) is 9.70. The monoisotopic (exact) mass is 385 g/mol. The molecular weight excluding hydrogens is 358 g/mol. The van der Waals surface area contributed by atoms with Crippen molar-refractivity contribution < 1.29 is 23.9 Å². The maximum atomic E-state index is 12.9. The number of amides is 2. The van der Waals surface area contributed by atoms with Gasteiger partial charge in [0.05, 0.1) is 11.8 Å². The zero-order valence-electron chi connectivity index (χ0n) is 16.1. The molecule has 2 atom stereocenters. The Morgan fingerprint density at radius 2 is 1.43 bits per heavy atom. The summed E-state index contributed by atoms with van der Waals surface area (Å²) in [5.41, 5.74) is -0.297. The summed E-state index contributed by atoms with van der Waals surface area (Å²) in [5.74, 6) is 0.0710. The van der Waals surface area contributed by atoms with Gasteiger partial charge < -0.3 is 4.74 Å². The number of Topliss-reactive ketones (excluding diaryl/α,β-unsaturated/α-hetero) is 1. The van der Waals surface area contributed by atoms with Crippen LogP contribution in [0.5, 0.6) is 0 Å². The highest BCUT2D eigenvalue weighted by Crippen LogP contribution is 2.60. The van der Waals surface area contributed by atoms with Gasteiger partial charge in [0, 0.05) is 5.41 Å². The van der Waals surface area contributed by atoms with Crippen molar-refractivity contribution in [2.75, 3.05) is 13.2 Å². The minimum Gasteiger partial charge on any atom is -0.456 e. The molecule has 1 saturated heterocycles. The summed E-state index contributed by atoms with van der Waals surface area (Å²) in [6.07, 6.45) is 11.5. The summed E-state index contributed by atoms with van der Waals surface area (Å²) in [4.78, 5) is 51.2. The number of fused-ring (bicyclic) bond motifs is 1. The Morgan fingerprint density at radius 1 is 0.929 bits per heavy atom. The fraction of sp³-hybridized carbons (Fsp3) is 0.727. The molecule has 4 saturated carbocycles. The van der Waals surface area contributed by atoms with E-state index in [0.717, 1.165) is 24.2 Å². The Balaban J connectivity index is 1.18. The Kier molecular flexibility index (Phi) is 4.21. The van der Waals surface area contributed by atoms with Crippen LogP contribution in [0.4, 0.5) is 0 Å². The molecule has 0 aromatic rings. The van der Waals surface area contributed by atoms with Crippen LogP contribution in [0.3, 0.4) is 0 Å². The molecule has 0 aromatic carbocycles. The predicted molar refractivity (Wildman–Crippen MR) is 98.6 cm³/mol. The average molecular weight is 385 g/mol. The zero-order chi connectivity index (χ0) is 19.5. The fourth-order valence-electron chi connectivity index (χ4n) is 6.95. The molecule has 6 nitrogen and oxygen atoms in total. The van der Waals surface area contributed by atoms with Gasteiger partial charge in [0.1, 0.15) is 6.54 Å². The van der Waals surface area contributed by atoms with E-state index in [1.165, 1.54) is 19.3 Å². The van der Waals surface area contributed by atoms with Crippen LogP contribution in [0.2, 0.25) is 0 Å². The third-order valence-corrected chi connectivity index (χ3v) is 7.88. The number of hydrogen-bond donors (Lipinski definition) is 0. The van der Waals surface area contributed by atoms with E-state index in [4.69, 9.17) is 4.74 Å². The standard InChI is InChI=1S/C22H27NO5/c24-18(22-8-13-5-14(9-22)7-15(6-13)10-22)12-28-19(25)11-23-20(26)16-3-1-2-4-17(16)21(23)27/h1-2,13-17H,3-12H2/t13?,14?,15?,16-,17+,22?. The van der Waals surface area contributed by atoms with Crippen LogP contribution in [0.1, 0.15) is 51.4 Å². The number of hydrogen-bond acceptors (Lipinski definition) is 5. The lowest BCUT2D eigenvalue weighted by molar-refractivity contribution is -0.160. The summed E-state index contributed by atoms with van der Waals surface area (Å²) >= 11 is 0. The van der Waals surface area contributed by atoms with Crippen LogP contribution in [-0.4, -0.2) is 41.6 Å². The molecule has 0 unspecified atom stereocenters. The second kappa shape index (κ2) is 6.53. The lowest BCUT2D eigenvalue weighted by Crippen LogP contribution is -2.51. The number of likely N-dealkylation sites (tertiary alicyclic amines) is 1. The maximum absolute atomic E-state index is 12.9. The molecule has 4 bridgehead atoms. The Labute approximate surface area is 164 Å². The maximum Gasteiger partial charge on any atom is 0.326 e. The number of carbonyl (C=O) groups is 4. The molecule has 6 rings (SSSR count). The quantitative estimate of drug-likeness (QED) is 0.412. The van der Waals surface area contributed by atoms with Crippen LogP contribution in [0.15, 0.2) is 12.2 Å². The smallest absolute Gasteiger partial charge is 0.326 e. The van der Waals surface area contributed by atoms with E-state index in [-0.39, 0.29) is 48.0 Å². The molecule has 0 radical (unpaired) electrons. The number of carbonyl (C=O) groups excluding carboxylic acids is 4. The molecule has 5 aliphatic carbocycles. The molecule has 6 aliphatic rings. The van der Waals surface area contributed by atoms with E-state index in [2.05, 4.69) is 0 Å². The number of imide groups is 1. The van der Waals surface area contributed by atoms with Crippen molar-refractivity contribution in [3.8, 4) is 0 Å². The molecule has 0 aromatic heterocycles. The largest absolute Gasteiger partial charge is 0.456 e. The SMILES string of the molecule is O=C(CN1C(=O)[C@H]2CC=CC[C@H]2C1=O)OCC(=O)C12CC3CC(CC(C3)C1)C2. The highest BCUT2D eigenvalue weighted by molar-refractivity contribution is 6.07. The van der Waals surface area contributed by atoms with Gasteiger partial charge in [-0.3, -0.25) is 24.1 Å². The van der Waals surface area contributed by atoms with Gasteiger partial charge in [0.15, 0.2) is 12.4 Å². The highest BCUT2D eigenvalue weighted by atomic mass is 16.5. The molecule has 28 heavy (non-hydrogen) atoms. The molecule has 1 aliphatic heterocycles. The van der Waals surface area contributed by atoms with Crippen molar-refractivity contribution in [2.24, 2.45) is 35.0 Å². The van der Waals surface area contributed by atoms with Crippen molar-refractivity contribution in [3.05, 3.63) is 12.2 Å². The number of nitrogens with zero attached hydrogens (tertiary/aromatic N) is 1. The van der Waals surface area contributed by atoms with E-state index >= 15 is 0 Å². The van der Waals surface area contributed by atoms with E-state index in [1.807, 2.05) is 12.2 Å². The van der Waals surface area contributed by atoms with Crippen LogP contribution in [0.25, 0.3) is 0 Å². The van der Waals surface area contributed by atoms with Crippen molar-refractivity contribution in [1.82, 2.24) is 4.90 Å². The Morgan fingerprint density at radius 3 is 1.93 bits per heavy atom. The number of ketones is 1. The first-order chi connectivity index (χ1) is 13.4. The number of ether oxygens (including phenoxy) is 1. The molecule has 150 valence electrons. The topological polar surface area (TPSA) is 80.8 Å². The molecular formula is C22H27NO5. The van der Waals surface area contributed by atoms with Crippen LogP contribution in [-0.2, 0) is 23.9 Å². The number of allylic oxidation sites excluding steroid dienone is 2. The van der Waals surface area contributed by atoms with Gasteiger partial charge in [-0.15, -0.1) is 0 Å². The molecule has 6 heteroatoms. The minimum absolute atomic E-state index is 0.0388. The van der Waals surface area contributed by atoms with E-state index in [9.17, 15) is 19.2 Å². The van der Waals surface area contributed by atoms with Crippen LogP contribution >= 0.6 is 0 Å². The lowest BCUT2D eigenvalue weighted by Gasteiger charge is -2.55. The summed E-state index contributed by atoms with van der Waals surface area (Å²) in [6, 6.07) is 0. The summed E-state index contributed by atoms with van der Waals surface area (Å²) in [5, 5.41) is 0. The van der Waals surface area contributed by atoms with Crippen LogP contribution < -0.4 is 0 Å². The average Bonchev–Trinajstić information content (AvgIpc) is 2.90. The fourth-order valence-corrected chi connectivity index (χ4v) is 6.95. The first-order valence-corrected chi connectivity index (χ1v) is 10.6. The van der Waals surface area contributed by atoms with Gasteiger partial charge in [-0.25, -0.2) is 0 Å². The van der Waals surface area contributed by atoms with Crippen molar-refractivity contribution in [3.63, 3.8) is 0 Å². The van der Waals surface area contributed by atoms with E-state index in [0.29, 0.717) is 30.6 Å². The van der Waals surface area contributed by atoms with Gasteiger partial charge in [0.25, 0.3) is 0 Å². The highest BCUT2D eigenvalue weighted by Gasteiger charge is 2.54. The van der Waals surface area contributed by atoms with Gasteiger partial charge in [-0.1, -0.05) is 12.2 Å². The van der Waals surface area contributed by atoms with Gasteiger partial charge in [0.2, 0.25) is 11.8 Å². The first-order valence-electron chi connectivity index (χ1n) is 10.6. The lowest BCUT2D eigenvalue weighted by atomic mass is 9.48. The first kappa shape index (κ1) is 18.1. The summed E-state index contributed by atoms with van der Waals surface area (Å²) in [6.45, 7) is -0.603. The Hall–Kier alpha value is -1.98. The summed E-state index contributed by atoms with van der Waals surface area (Å²) < 4.78 is 5.26. The van der Waals surface area contributed by atoms with Crippen LogP contribution in [0, 0.1) is 35.0 Å². The number of rotatable bonds is 5. The van der Waals surface area contributed by atoms with Crippen molar-refractivity contribution >= 4 is 23.6 Å². The predicted octanol–water partition coefficient (Wildman–Crippen LogP) is 2.27. The number of esters is 1.